The van der Waals surface area contributed by atoms with Gasteiger partial charge >= 0.3 is 0 Å². The Morgan fingerprint density at radius 1 is 1.43 bits per heavy atom. The third kappa shape index (κ3) is 2.22. The first kappa shape index (κ1) is 9.44. The van der Waals surface area contributed by atoms with Gasteiger partial charge in [0.1, 0.15) is 0 Å². The van der Waals surface area contributed by atoms with Crippen LogP contribution in [0.3, 0.4) is 0 Å². The van der Waals surface area contributed by atoms with Crippen LogP contribution in [0.4, 0.5) is 10.1 Å². The van der Waals surface area contributed by atoms with E-state index < -0.39 is 5.95 Å². The van der Waals surface area contributed by atoms with E-state index >= 15 is 0 Å². The van der Waals surface area contributed by atoms with Crippen LogP contribution in [-0.4, -0.2) is 11.0 Å². The molecule has 2 rings (SSSR count). The Morgan fingerprint density at radius 3 is 2.86 bits per heavy atom. The molecular formula is C11H15FN2. The Bertz CT molecular complexity index is 297. The van der Waals surface area contributed by atoms with E-state index in [1.807, 2.05) is 0 Å². The summed E-state index contributed by atoms with van der Waals surface area (Å²) in [6, 6.07) is 3.67. The summed E-state index contributed by atoms with van der Waals surface area (Å²) in [4.78, 5) is 3.61. The van der Waals surface area contributed by atoms with Crippen molar-refractivity contribution in [2.75, 3.05) is 5.32 Å². The second-order valence-electron chi connectivity index (χ2n) is 4.13. The van der Waals surface area contributed by atoms with Crippen molar-refractivity contribution in [2.45, 2.75) is 32.2 Å². The van der Waals surface area contributed by atoms with Gasteiger partial charge in [0, 0.05) is 6.04 Å². The molecule has 1 aliphatic rings. The first-order valence-corrected chi connectivity index (χ1v) is 5.12. The Morgan fingerprint density at radius 2 is 2.29 bits per heavy atom. The van der Waals surface area contributed by atoms with Crippen LogP contribution in [0.2, 0.25) is 0 Å². The van der Waals surface area contributed by atoms with Gasteiger partial charge in [-0.1, -0.05) is 6.92 Å². The molecular weight excluding hydrogens is 179 g/mol. The highest BCUT2D eigenvalue weighted by Gasteiger charge is 2.20. The van der Waals surface area contributed by atoms with E-state index in [9.17, 15) is 4.39 Å². The maximum atomic E-state index is 12.5. The van der Waals surface area contributed by atoms with Gasteiger partial charge in [0.2, 0.25) is 5.95 Å². The van der Waals surface area contributed by atoms with E-state index in [2.05, 4.69) is 17.2 Å². The Balaban J connectivity index is 1.94. The average Bonchev–Trinajstić information content (AvgIpc) is 2.56. The summed E-state index contributed by atoms with van der Waals surface area (Å²) in [6.07, 6.45) is 5.25. The SMILES string of the molecule is CC1CCC(Nc2ccc(F)nc2)C1. The normalized spacial score (nSPS) is 26.4. The zero-order valence-corrected chi connectivity index (χ0v) is 8.33. The van der Waals surface area contributed by atoms with E-state index in [1.54, 1.807) is 12.3 Å². The van der Waals surface area contributed by atoms with Crippen LogP contribution in [0, 0.1) is 11.9 Å². The van der Waals surface area contributed by atoms with Crippen molar-refractivity contribution in [1.29, 1.82) is 0 Å². The lowest BCUT2D eigenvalue weighted by Gasteiger charge is -2.13. The van der Waals surface area contributed by atoms with Crippen LogP contribution in [0.5, 0.6) is 0 Å². The van der Waals surface area contributed by atoms with Crippen LogP contribution in [-0.2, 0) is 0 Å². The van der Waals surface area contributed by atoms with Gasteiger partial charge < -0.3 is 5.32 Å². The van der Waals surface area contributed by atoms with Gasteiger partial charge in [-0.3, -0.25) is 0 Å². The number of pyridine rings is 1. The second kappa shape index (κ2) is 3.95. The minimum Gasteiger partial charge on any atom is -0.381 e. The van der Waals surface area contributed by atoms with Crippen LogP contribution < -0.4 is 5.32 Å². The van der Waals surface area contributed by atoms with Gasteiger partial charge in [0.25, 0.3) is 0 Å². The second-order valence-corrected chi connectivity index (χ2v) is 4.13. The number of aromatic nitrogens is 1. The Labute approximate surface area is 83.6 Å². The molecule has 14 heavy (non-hydrogen) atoms. The van der Waals surface area contributed by atoms with Gasteiger partial charge in [0.15, 0.2) is 0 Å². The van der Waals surface area contributed by atoms with Crippen LogP contribution in [0.25, 0.3) is 0 Å². The topological polar surface area (TPSA) is 24.9 Å². The largest absolute Gasteiger partial charge is 0.381 e. The van der Waals surface area contributed by atoms with Gasteiger partial charge in [-0.15, -0.1) is 0 Å². The molecule has 0 spiro atoms. The van der Waals surface area contributed by atoms with Gasteiger partial charge in [-0.25, -0.2) is 4.98 Å². The van der Waals surface area contributed by atoms with E-state index in [-0.39, 0.29) is 0 Å². The molecule has 1 saturated carbocycles. The molecule has 2 atom stereocenters. The zero-order valence-electron chi connectivity index (χ0n) is 8.33. The van der Waals surface area contributed by atoms with Gasteiger partial charge in [-0.2, -0.15) is 4.39 Å². The molecule has 3 heteroatoms. The highest BCUT2D eigenvalue weighted by molar-refractivity contribution is 5.41. The molecule has 1 aromatic rings. The maximum Gasteiger partial charge on any atom is 0.212 e. The molecule has 2 nitrogen and oxygen atoms in total. The van der Waals surface area contributed by atoms with Crippen molar-refractivity contribution in [1.82, 2.24) is 4.98 Å². The number of hydrogen-bond acceptors (Lipinski definition) is 2. The summed E-state index contributed by atoms with van der Waals surface area (Å²) in [6.45, 7) is 2.27. The molecule has 0 amide bonds. The maximum absolute atomic E-state index is 12.5. The highest BCUT2D eigenvalue weighted by atomic mass is 19.1. The molecule has 1 fully saturated rings. The molecule has 1 heterocycles. The first-order valence-electron chi connectivity index (χ1n) is 5.12. The summed E-state index contributed by atoms with van der Waals surface area (Å²) >= 11 is 0. The Hall–Kier alpha value is -1.12. The van der Waals surface area contributed by atoms with Gasteiger partial charge in [-0.05, 0) is 37.3 Å². The third-order valence-corrected chi connectivity index (χ3v) is 2.79. The van der Waals surface area contributed by atoms with Crippen molar-refractivity contribution in [3.63, 3.8) is 0 Å². The first-order chi connectivity index (χ1) is 6.74. The molecule has 0 aromatic carbocycles. The molecule has 0 radical (unpaired) electrons. The molecule has 0 aliphatic heterocycles. The fourth-order valence-corrected chi connectivity index (χ4v) is 2.04. The zero-order chi connectivity index (χ0) is 9.97. The standard InChI is InChI=1S/C11H15FN2/c1-8-2-3-9(6-8)14-10-4-5-11(12)13-7-10/h4-5,7-9,14H,2-3,6H2,1H3. The minimum atomic E-state index is -0.421. The lowest BCUT2D eigenvalue weighted by molar-refractivity contribution is 0.583. The molecule has 1 N–H and O–H groups in total. The molecule has 76 valence electrons. The average molecular weight is 194 g/mol. The summed E-state index contributed by atoms with van der Waals surface area (Å²) < 4.78 is 12.5. The monoisotopic (exact) mass is 194 g/mol. The van der Waals surface area contributed by atoms with Crippen molar-refractivity contribution >= 4 is 5.69 Å². The molecule has 1 aromatic heterocycles. The lowest BCUT2D eigenvalue weighted by Crippen LogP contribution is -2.15. The predicted octanol–water partition coefficient (Wildman–Crippen LogP) is 2.82. The van der Waals surface area contributed by atoms with Crippen LogP contribution >= 0.6 is 0 Å². The number of rotatable bonds is 2. The predicted molar refractivity (Wildman–Crippen MR) is 54.6 cm³/mol. The van der Waals surface area contributed by atoms with E-state index in [0.717, 1.165) is 11.6 Å². The summed E-state index contributed by atoms with van der Waals surface area (Å²) in [7, 11) is 0. The van der Waals surface area contributed by atoms with Crippen molar-refractivity contribution in [2.24, 2.45) is 5.92 Å². The number of hydrogen-bond donors (Lipinski definition) is 1. The van der Waals surface area contributed by atoms with Crippen molar-refractivity contribution < 1.29 is 4.39 Å². The quantitative estimate of drug-likeness (QED) is 0.732. The fourth-order valence-electron chi connectivity index (χ4n) is 2.04. The summed E-state index contributed by atoms with van der Waals surface area (Å²) in [5.41, 5.74) is 0.922. The summed E-state index contributed by atoms with van der Waals surface area (Å²) in [5, 5.41) is 3.37. The third-order valence-electron chi connectivity index (χ3n) is 2.79. The van der Waals surface area contributed by atoms with E-state index in [0.29, 0.717) is 6.04 Å². The van der Waals surface area contributed by atoms with Crippen molar-refractivity contribution in [3.05, 3.63) is 24.3 Å². The number of halogens is 1. The van der Waals surface area contributed by atoms with Crippen molar-refractivity contribution in [3.8, 4) is 0 Å². The Kier molecular flexibility index (Phi) is 2.66. The minimum absolute atomic E-state index is 0.421. The fraction of sp³-hybridized carbons (Fsp3) is 0.545. The molecule has 2 unspecified atom stereocenters. The van der Waals surface area contributed by atoms with Crippen LogP contribution in [0.15, 0.2) is 18.3 Å². The lowest BCUT2D eigenvalue weighted by atomic mass is 10.1. The highest BCUT2D eigenvalue weighted by Crippen LogP contribution is 2.27. The molecule has 1 aliphatic carbocycles. The molecule has 0 saturated heterocycles. The number of nitrogens with one attached hydrogen (secondary N) is 1. The number of nitrogens with zero attached hydrogens (tertiary/aromatic N) is 1. The molecule has 0 bridgehead atoms. The van der Waals surface area contributed by atoms with Gasteiger partial charge in [0.05, 0.1) is 11.9 Å². The van der Waals surface area contributed by atoms with Crippen LogP contribution in [0.1, 0.15) is 26.2 Å². The smallest absolute Gasteiger partial charge is 0.212 e. The van der Waals surface area contributed by atoms with E-state index in [4.69, 9.17) is 0 Å². The summed E-state index contributed by atoms with van der Waals surface area (Å²) in [5.74, 6) is 0.385. The van der Waals surface area contributed by atoms with E-state index in [1.165, 1.54) is 25.3 Å². The number of anilines is 1.